The van der Waals surface area contributed by atoms with Gasteiger partial charge in [0.05, 0.1) is 0 Å². The second kappa shape index (κ2) is 10.5. The van der Waals surface area contributed by atoms with Crippen LogP contribution in [-0.4, -0.2) is 42.5 Å². The third-order valence-electron chi connectivity index (χ3n) is 5.65. The molecule has 0 bridgehead atoms. The van der Waals surface area contributed by atoms with Gasteiger partial charge in [-0.3, -0.25) is 9.69 Å². The van der Waals surface area contributed by atoms with Gasteiger partial charge in [0.25, 0.3) is 0 Å². The van der Waals surface area contributed by atoms with Gasteiger partial charge in [-0.25, -0.2) is 0 Å². The molecule has 1 amide bonds. The average Bonchev–Trinajstić information content (AvgIpc) is 3.11. The third-order valence-corrected chi connectivity index (χ3v) is 5.65. The third kappa shape index (κ3) is 6.12. The van der Waals surface area contributed by atoms with E-state index in [1.54, 1.807) is 0 Å². The van der Waals surface area contributed by atoms with Crippen LogP contribution in [-0.2, 0) is 17.8 Å². The summed E-state index contributed by atoms with van der Waals surface area (Å²) in [6.07, 6.45) is 3.98. The van der Waals surface area contributed by atoms with Crippen molar-refractivity contribution in [1.29, 1.82) is 0 Å². The lowest BCUT2D eigenvalue weighted by atomic mass is 9.94. The Bertz CT molecular complexity index is 574. The number of fused-ring (bicyclic) bond motifs is 1. The maximum atomic E-state index is 12.2. The maximum absolute atomic E-state index is 12.2. The Morgan fingerprint density at radius 2 is 2.00 bits per heavy atom. The van der Waals surface area contributed by atoms with E-state index in [4.69, 9.17) is 0 Å². The summed E-state index contributed by atoms with van der Waals surface area (Å²) in [5.41, 5.74) is 2.88. The molecule has 2 aliphatic rings. The normalized spacial score (nSPS) is 19.8. The van der Waals surface area contributed by atoms with Crippen molar-refractivity contribution in [3.05, 3.63) is 35.4 Å². The molecule has 0 aliphatic carbocycles. The minimum Gasteiger partial charge on any atom is -0.354 e. The molecular formula is C20H33Cl2N3O. The molecule has 3 rings (SSSR count). The second-order valence-electron chi connectivity index (χ2n) is 7.93. The van der Waals surface area contributed by atoms with Crippen molar-refractivity contribution in [2.75, 3.05) is 26.2 Å². The van der Waals surface area contributed by atoms with E-state index < -0.39 is 0 Å². The average molecular weight is 402 g/mol. The molecule has 148 valence electrons. The fraction of sp³-hybridized carbons (Fsp3) is 0.650. The second-order valence-corrected chi connectivity index (χ2v) is 7.93. The molecule has 2 heterocycles. The minimum absolute atomic E-state index is 0. The number of amides is 1. The Hall–Kier alpha value is -0.810. The largest absolute Gasteiger partial charge is 0.354 e. The molecule has 1 atom stereocenters. The molecule has 0 saturated carbocycles. The van der Waals surface area contributed by atoms with Gasteiger partial charge in [0.1, 0.15) is 0 Å². The van der Waals surface area contributed by atoms with Crippen LogP contribution in [0.1, 0.15) is 44.2 Å². The van der Waals surface area contributed by atoms with Gasteiger partial charge in [-0.15, -0.1) is 24.8 Å². The first kappa shape index (κ1) is 23.2. The molecule has 1 fully saturated rings. The molecule has 1 aromatic carbocycles. The maximum Gasteiger partial charge on any atom is 0.220 e. The number of carbonyl (C=O) groups is 1. The molecular weight excluding hydrogens is 369 g/mol. The van der Waals surface area contributed by atoms with E-state index in [2.05, 4.69) is 53.6 Å². The summed E-state index contributed by atoms with van der Waals surface area (Å²) in [5, 5.41) is 6.53. The van der Waals surface area contributed by atoms with Crippen LogP contribution in [0, 0.1) is 5.92 Å². The van der Waals surface area contributed by atoms with Crippen molar-refractivity contribution in [3.63, 3.8) is 0 Å². The number of benzene rings is 1. The first-order chi connectivity index (χ1) is 11.5. The number of carbonyl (C=O) groups excluding carboxylic acids is 1. The van der Waals surface area contributed by atoms with Crippen LogP contribution in [0.4, 0.5) is 0 Å². The van der Waals surface area contributed by atoms with Crippen LogP contribution in [0.2, 0.25) is 0 Å². The van der Waals surface area contributed by atoms with Gasteiger partial charge >= 0.3 is 0 Å². The Labute approximate surface area is 170 Å². The highest BCUT2D eigenvalue weighted by molar-refractivity contribution is 5.85. The number of halogens is 2. The molecule has 4 nitrogen and oxygen atoms in total. The van der Waals surface area contributed by atoms with Crippen LogP contribution in [0.25, 0.3) is 0 Å². The number of hydrogen-bond acceptors (Lipinski definition) is 3. The van der Waals surface area contributed by atoms with E-state index in [-0.39, 0.29) is 36.3 Å². The molecule has 2 aliphatic heterocycles. The van der Waals surface area contributed by atoms with Crippen LogP contribution < -0.4 is 10.6 Å². The molecule has 1 unspecified atom stereocenters. The van der Waals surface area contributed by atoms with Crippen LogP contribution >= 0.6 is 24.8 Å². The highest BCUT2D eigenvalue weighted by Crippen LogP contribution is 2.25. The summed E-state index contributed by atoms with van der Waals surface area (Å²) in [6, 6.07) is 8.71. The lowest BCUT2D eigenvalue weighted by Crippen LogP contribution is -2.53. The predicted octanol–water partition coefficient (Wildman–Crippen LogP) is 3.17. The number of nitrogens with one attached hydrogen (secondary N) is 2. The van der Waals surface area contributed by atoms with Gasteiger partial charge in [-0.05, 0) is 63.2 Å². The van der Waals surface area contributed by atoms with Gasteiger partial charge < -0.3 is 10.6 Å². The molecule has 0 radical (unpaired) electrons. The molecule has 26 heavy (non-hydrogen) atoms. The van der Waals surface area contributed by atoms with Crippen LogP contribution in [0.5, 0.6) is 0 Å². The van der Waals surface area contributed by atoms with Crippen molar-refractivity contribution in [1.82, 2.24) is 15.5 Å². The molecule has 0 aromatic heterocycles. The van der Waals surface area contributed by atoms with Gasteiger partial charge in [0, 0.05) is 31.6 Å². The van der Waals surface area contributed by atoms with E-state index >= 15 is 0 Å². The summed E-state index contributed by atoms with van der Waals surface area (Å²) >= 11 is 0. The van der Waals surface area contributed by atoms with Crippen molar-refractivity contribution in [2.24, 2.45) is 5.92 Å². The van der Waals surface area contributed by atoms with Gasteiger partial charge in [-0.1, -0.05) is 24.3 Å². The van der Waals surface area contributed by atoms with Crippen molar-refractivity contribution in [2.45, 2.75) is 51.6 Å². The molecule has 2 N–H and O–H groups in total. The van der Waals surface area contributed by atoms with E-state index in [9.17, 15) is 4.79 Å². The van der Waals surface area contributed by atoms with E-state index in [0.717, 1.165) is 45.6 Å². The molecule has 1 aromatic rings. The van der Waals surface area contributed by atoms with E-state index in [1.807, 2.05) is 0 Å². The summed E-state index contributed by atoms with van der Waals surface area (Å²) in [5.74, 6) is 0.884. The highest BCUT2D eigenvalue weighted by atomic mass is 35.5. The summed E-state index contributed by atoms with van der Waals surface area (Å²) in [7, 11) is 0. The number of hydrogen-bond donors (Lipinski definition) is 2. The van der Waals surface area contributed by atoms with E-state index in [1.165, 1.54) is 17.5 Å². The zero-order valence-electron chi connectivity index (χ0n) is 15.9. The molecule has 6 heteroatoms. The Kier molecular flexibility index (Phi) is 9.39. The minimum atomic E-state index is -0.0158. The molecule has 1 saturated heterocycles. The van der Waals surface area contributed by atoms with Crippen LogP contribution in [0.3, 0.4) is 0 Å². The quantitative estimate of drug-likeness (QED) is 0.768. The number of rotatable bonds is 6. The first-order valence-electron chi connectivity index (χ1n) is 9.34. The zero-order valence-corrected chi connectivity index (χ0v) is 17.6. The standard InChI is InChI=1S/C20H31N3O.2ClH/c1-20(2,15-22-19(24)8-7-16-9-11-21-13-16)23-12-10-17-5-3-4-6-18(17)14-23;;/h3-6,16,21H,7-15H2,1-2H3,(H,22,24);2*1H. The van der Waals surface area contributed by atoms with Gasteiger partial charge in [0.2, 0.25) is 5.91 Å². The lowest BCUT2D eigenvalue weighted by molar-refractivity contribution is -0.122. The topological polar surface area (TPSA) is 44.4 Å². The van der Waals surface area contributed by atoms with Crippen molar-refractivity contribution >= 4 is 30.7 Å². The zero-order chi connectivity index (χ0) is 17.0. The van der Waals surface area contributed by atoms with Crippen molar-refractivity contribution in [3.8, 4) is 0 Å². The number of nitrogens with zero attached hydrogens (tertiary/aromatic N) is 1. The Balaban J connectivity index is 0.00000169. The monoisotopic (exact) mass is 401 g/mol. The van der Waals surface area contributed by atoms with E-state index in [0.29, 0.717) is 12.3 Å². The molecule has 0 spiro atoms. The smallest absolute Gasteiger partial charge is 0.220 e. The Morgan fingerprint density at radius 1 is 1.27 bits per heavy atom. The summed E-state index contributed by atoms with van der Waals surface area (Å²) in [6.45, 7) is 9.42. The SMILES string of the molecule is CC(C)(CNC(=O)CCC1CCNC1)N1CCc2ccccc2C1.Cl.Cl. The van der Waals surface area contributed by atoms with Gasteiger partial charge in [-0.2, -0.15) is 0 Å². The fourth-order valence-electron chi connectivity index (χ4n) is 3.82. The van der Waals surface area contributed by atoms with Crippen molar-refractivity contribution < 1.29 is 4.79 Å². The fourth-order valence-corrected chi connectivity index (χ4v) is 3.82. The Morgan fingerprint density at radius 3 is 2.69 bits per heavy atom. The summed E-state index contributed by atoms with van der Waals surface area (Å²) < 4.78 is 0. The predicted molar refractivity (Wildman–Crippen MR) is 112 cm³/mol. The first-order valence-corrected chi connectivity index (χ1v) is 9.34. The van der Waals surface area contributed by atoms with Gasteiger partial charge in [0.15, 0.2) is 0 Å². The van der Waals surface area contributed by atoms with Crippen LogP contribution in [0.15, 0.2) is 24.3 Å². The lowest BCUT2D eigenvalue weighted by Gasteiger charge is -2.41. The highest BCUT2D eigenvalue weighted by Gasteiger charge is 2.30. The summed E-state index contributed by atoms with van der Waals surface area (Å²) in [4.78, 5) is 14.7.